The van der Waals surface area contributed by atoms with E-state index in [1.807, 2.05) is 0 Å². The molecule has 0 bridgehead atoms. The third-order valence-electron chi connectivity index (χ3n) is 3.87. The molecule has 7 heteroatoms. The van der Waals surface area contributed by atoms with Crippen LogP contribution in [0.15, 0.2) is 18.2 Å². The molecule has 0 radical (unpaired) electrons. The highest BCUT2D eigenvalue weighted by Crippen LogP contribution is 2.18. The second-order valence-corrected chi connectivity index (χ2v) is 5.88. The molecule has 0 aliphatic carbocycles. The number of benzene rings is 1. The van der Waals surface area contributed by atoms with Crippen LogP contribution in [-0.2, 0) is 16.0 Å². The number of morpholine rings is 1. The summed E-state index contributed by atoms with van der Waals surface area (Å²) in [6, 6.07) is 4.02. The van der Waals surface area contributed by atoms with Crippen LogP contribution in [-0.4, -0.2) is 73.4 Å². The largest absolute Gasteiger partial charge is 0.395 e. The van der Waals surface area contributed by atoms with E-state index < -0.39 is 5.82 Å². The van der Waals surface area contributed by atoms with Crippen molar-refractivity contribution in [2.75, 3.05) is 52.5 Å². The Morgan fingerprint density at radius 2 is 2.09 bits per heavy atom. The molecule has 0 saturated carbocycles. The molecule has 0 unspecified atom stereocenters. The average molecular weight is 345 g/mol. The molecule has 1 saturated heterocycles. The highest BCUT2D eigenvalue weighted by Gasteiger charge is 2.17. The molecule has 1 aromatic carbocycles. The average Bonchev–Trinajstić information content (AvgIpc) is 2.55. The van der Waals surface area contributed by atoms with Gasteiger partial charge in [-0.15, -0.1) is 0 Å². The molecule has 0 aromatic heterocycles. The van der Waals surface area contributed by atoms with Crippen LogP contribution < -0.4 is 0 Å². The number of halogens is 2. The number of aliphatic hydroxyl groups is 1. The van der Waals surface area contributed by atoms with Gasteiger partial charge in [-0.2, -0.15) is 0 Å². The molecule has 1 aliphatic rings. The normalized spacial score (nSPS) is 15.6. The number of nitrogens with zero attached hydrogens (tertiary/aromatic N) is 2. The van der Waals surface area contributed by atoms with Gasteiger partial charge in [-0.25, -0.2) is 4.39 Å². The van der Waals surface area contributed by atoms with Gasteiger partial charge in [-0.3, -0.25) is 9.69 Å². The van der Waals surface area contributed by atoms with Gasteiger partial charge >= 0.3 is 0 Å². The van der Waals surface area contributed by atoms with Gasteiger partial charge in [0.2, 0.25) is 5.91 Å². The molecule has 0 atom stereocenters. The molecular formula is C16H22ClFN2O3. The molecule has 23 heavy (non-hydrogen) atoms. The Balaban J connectivity index is 1.91. The third kappa shape index (κ3) is 5.73. The Morgan fingerprint density at radius 1 is 1.35 bits per heavy atom. The standard InChI is InChI=1S/C16H22ClFN2O3/c17-15-12-14(18)2-1-13(15)11-16(22)20(5-8-21)4-3-19-6-9-23-10-7-19/h1-2,12,21H,3-11H2. The SMILES string of the molecule is O=C(Cc1ccc(F)cc1Cl)N(CCO)CCN1CCOCC1. The molecule has 1 aliphatic heterocycles. The minimum atomic E-state index is -0.425. The van der Waals surface area contributed by atoms with Crippen molar-refractivity contribution in [2.45, 2.75) is 6.42 Å². The van der Waals surface area contributed by atoms with Crippen molar-refractivity contribution in [2.24, 2.45) is 0 Å². The monoisotopic (exact) mass is 344 g/mol. The highest BCUT2D eigenvalue weighted by atomic mass is 35.5. The first-order chi connectivity index (χ1) is 11.1. The maximum Gasteiger partial charge on any atom is 0.227 e. The minimum Gasteiger partial charge on any atom is -0.395 e. The zero-order valence-corrected chi connectivity index (χ0v) is 13.8. The molecule has 1 fully saturated rings. The molecule has 1 heterocycles. The molecule has 5 nitrogen and oxygen atoms in total. The molecule has 1 N–H and O–H groups in total. The fourth-order valence-electron chi connectivity index (χ4n) is 2.51. The van der Waals surface area contributed by atoms with Gasteiger partial charge in [0.1, 0.15) is 5.82 Å². The molecule has 128 valence electrons. The van der Waals surface area contributed by atoms with Crippen molar-refractivity contribution in [1.82, 2.24) is 9.80 Å². The Bertz CT molecular complexity index is 524. The summed E-state index contributed by atoms with van der Waals surface area (Å²) in [6.07, 6.45) is 0.0994. The van der Waals surface area contributed by atoms with Gasteiger partial charge in [0, 0.05) is 37.7 Å². The van der Waals surface area contributed by atoms with Gasteiger partial charge in [-0.05, 0) is 17.7 Å². The van der Waals surface area contributed by atoms with Gasteiger partial charge in [-0.1, -0.05) is 17.7 Å². The van der Waals surface area contributed by atoms with E-state index in [2.05, 4.69) is 4.90 Å². The summed E-state index contributed by atoms with van der Waals surface area (Å²) < 4.78 is 18.4. The Hall–Kier alpha value is -1.21. The van der Waals surface area contributed by atoms with Gasteiger partial charge in [0.15, 0.2) is 0 Å². The zero-order chi connectivity index (χ0) is 16.7. The topological polar surface area (TPSA) is 53.0 Å². The first-order valence-corrected chi connectivity index (χ1v) is 8.10. The maximum atomic E-state index is 13.1. The van der Waals surface area contributed by atoms with Crippen molar-refractivity contribution < 1.29 is 19.0 Å². The highest BCUT2D eigenvalue weighted by molar-refractivity contribution is 6.31. The first kappa shape index (κ1) is 18.1. The molecular weight excluding hydrogens is 323 g/mol. The predicted octanol–water partition coefficient (Wildman–Crippen LogP) is 1.17. The second-order valence-electron chi connectivity index (χ2n) is 5.47. The van der Waals surface area contributed by atoms with Crippen LogP contribution in [0.1, 0.15) is 5.56 Å². The quantitative estimate of drug-likeness (QED) is 0.807. The van der Waals surface area contributed by atoms with Crippen LogP contribution >= 0.6 is 11.6 Å². The third-order valence-corrected chi connectivity index (χ3v) is 4.22. The fourth-order valence-corrected chi connectivity index (χ4v) is 2.74. The lowest BCUT2D eigenvalue weighted by Crippen LogP contribution is -2.44. The van der Waals surface area contributed by atoms with Crippen LogP contribution in [0, 0.1) is 5.82 Å². The number of amides is 1. The molecule has 1 aromatic rings. The van der Waals surface area contributed by atoms with Crippen molar-refractivity contribution in [3.05, 3.63) is 34.6 Å². The summed E-state index contributed by atoms with van der Waals surface area (Å²) in [6.45, 7) is 4.59. The number of hydrogen-bond donors (Lipinski definition) is 1. The lowest BCUT2D eigenvalue weighted by atomic mass is 10.1. The van der Waals surface area contributed by atoms with E-state index in [9.17, 15) is 14.3 Å². The van der Waals surface area contributed by atoms with Crippen molar-refractivity contribution in [1.29, 1.82) is 0 Å². The lowest BCUT2D eigenvalue weighted by molar-refractivity contribution is -0.131. The summed E-state index contributed by atoms with van der Waals surface area (Å²) in [5.74, 6) is -0.549. The van der Waals surface area contributed by atoms with E-state index in [4.69, 9.17) is 16.3 Å². The smallest absolute Gasteiger partial charge is 0.227 e. The fraction of sp³-hybridized carbons (Fsp3) is 0.562. The molecule has 0 spiro atoms. The van der Waals surface area contributed by atoms with Crippen LogP contribution in [0.4, 0.5) is 4.39 Å². The zero-order valence-electron chi connectivity index (χ0n) is 13.0. The van der Waals surface area contributed by atoms with Crippen LogP contribution in [0.2, 0.25) is 5.02 Å². The number of carbonyl (C=O) groups excluding carboxylic acids is 1. The van der Waals surface area contributed by atoms with Gasteiger partial charge < -0.3 is 14.7 Å². The molecule has 2 rings (SSSR count). The summed E-state index contributed by atoms with van der Waals surface area (Å²) in [5.41, 5.74) is 0.590. The first-order valence-electron chi connectivity index (χ1n) is 7.73. The van der Waals surface area contributed by atoms with E-state index in [0.29, 0.717) is 25.3 Å². The summed E-state index contributed by atoms with van der Waals surface area (Å²) >= 11 is 5.97. The van der Waals surface area contributed by atoms with E-state index in [1.54, 1.807) is 4.90 Å². The summed E-state index contributed by atoms with van der Waals surface area (Å²) in [4.78, 5) is 16.3. The number of hydrogen-bond acceptors (Lipinski definition) is 4. The number of ether oxygens (including phenoxy) is 1. The Kier molecular flexibility index (Phi) is 7.23. The van der Waals surface area contributed by atoms with Gasteiger partial charge in [0.25, 0.3) is 0 Å². The Morgan fingerprint density at radius 3 is 2.74 bits per heavy atom. The minimum absolute atomic E-state index is 0.0913. The van der Waals surface area contributed by atoms with Crippen LogP contribution in [0.5, 0.6) is 0 Å². The summed E-state index contributed by atoms with van der Waals surface area (Å²) in [5, 5.41) is 9.42. The predicted molar refractivity (Wildman–Crippen MR) is 86.0 cm³/mol. The van der Waals surface area contributed by atoms with Gasteiger partial charge in [0.05, 0.1) is 26.2 Å². The van der Waals surface area contributed by atoms with Crippen LogP contribution in [0.25, 0.3) is 0 Å². The number of aliphatic hydroxyl groups excluding tert-OH is 1. The maximum absolute atomic E-state index is 13.1. The Labute approximate surface area is 140 Å². The van der Waals surface area contributed by atoms with Crippen LogP contribution in [0.3, 0.4) is 0 Å². The molecule has 1 amide bonds. The van der Waals surface area contributed by atoms with E-state index in [0.717, 1.165) is 19.6 Å². The summed E-state index contributed by atoms with van der Waals surface area (Å²) in [7, 11) is 0. The van der Waals surface area contributed by atoms with Crippen molar-refractivity contribution in [3.8, 4) is 0 Å². The van der Waals surface area contributed by atoms with Crippen molar-refractivity contribution in [3.63, 3.8) is 0 Å². The van der Waals surface area contributed by atoms with E-state index in [-0.39, 0.29) is 30.5 Å². The van der Waals surface area contributed by atoms with E-state index in [1.165, 1.54) is 18.2 Å². The second kappa shape index (κ2) is 9.17. The lowest BCUT2D eigenvalue weighted by Gasteiger charge is -2.30. The number of carbonyl (C=O) groups is 1. The van der Waals surface area contributed by atoms with Crippen molar-refractivity contribution >= 4 is 17.5 Å². The number of rotatable bonds is 7. The van der Waals surface area contributed by atoms with E-state index >= 15 is 0 Å².